The second kappa shape index (κ2) is 8.70. The molecular weight excluding hydrogens is 331 g/mol. The quantitative estimate of drug-likeness (QED) is 0.535. The van der Waals surface area contributed by atoms with E-state index in [1.54, 1.807) is 0 Å². The molecule has 25 heavy (non-hydrogen) atoms. The van der Waals surface area contributed by atoms with Crippen molar-refractivity contribution in [3.63, 3.8) is 0 Å². The van der Waals surface area contributed by atoms with Crippen molar-refractivity contribution in [3.8, 4) is 6.07 Å². The van der Waals surface area contributed by atoms with Crippen molar-refractivity contribution in [2.24, 2.45) is 5.92 Å². The van der Waals surface area contributed by atoms with Crippen LogP contribution in [-0.2, 0) is 10.9 Å². The standard InChI is InChI=1S/C19H20F3NO2/c20-19(21,22)16-9-7-15(8-10-16)18(24)25-17-11-5-14(6-12-17)4-2-1-3-13-23/h1,3,7-10,14,17H,2,4-6,11-12H2/b3-1+. The third kappa shape index (κ3) is 5.93. The van der Waals surface area contributed by atoms with Crippen LogP contribution >= 0.6 is 0 Å². The molecule has 3 nitrogen and oxygen atoms in total. The number of carbonyl (C=O) groups is 1. The monoisotopic (exact) mass is 351 g/mol. The molecule has 6 heteroatoms. The van der Waals surface area contributed by atoms with Gasteiger partial charge in [0.05, 0.1) is 17.2 Å². The van der Waals surface area contributed by atoms with Gasteiger partial charge in [-0.3, -0.25) is 0 Å². The molecule has 1 fully saturated rings. The number of hydrogen-bond acceptors (Lipinski definition) is 3. The minimum absolute atomic E-state index is 0.136. The summed E-state index contributed by atoms with van der Waals surface area (Å²) >= 11 is 0. The number of hydrogen-bond donors (Lipinski definition) is 0. The molecule has 1 aliphatic carbocycles. The van der Waals surface area contributed by atoms with Crippen LogP contribution in [0.5, 0.6) is 0 Å². The van der Waals surface area contributed by atoms with Gasteiger partial charge in [0.25, 0.3) is 0 Å². The lowest BCUT2D eigenvalue weighted by molar-refractivity contribution is -0.137. The van der Waals surface area contributed by atoms with Crippen molar-refractivity contribution in [2.45, 2.75) is 50.8 Å². The Hall–Kier alpha value is -2.29. The first-order valence-corrected chi connectivity index (χ1v) is 8.33. The van der Waals surface area contributed by atoms with Gasteiger partial charge in [-0.05, 0) is 68.7 Å². The van der Waals surface area contributed by atoms with Crippen molar-refractivity contribution < 1.29 is 22.7 Å². The summed E-state index contributed by atoms with van der Waals surface area (Å²) in [4.78, 5) is 12.1. The van der Waals surface area contributed by atoms with Crippen molar-refractivity contribution in [1.29, 1.82) is 5.26 Å². The number of nitriles is 1. The molecular formula is C19H20F3NO2. The molecule has 2 rings (SSSR count). The Kier molecular flexibility index (Phi) is 6.63. The fourth-order valence-corrected chi connectivity index (χ4v) is 3.02. The van der Waals surface area contributed by atoms with E-state index in [4.69, 9.17) is 10.00 Å². The third-order valence-corrected chi connectivity index (χ3v) is 4.45. The summed E-state index contributed by atoms with van der Waals surface area (Å²) in [5.74, 6) is -0.0153. The maximum atomic E-state index is 12.5. The van der Waals surface area contributed by atoms with E-state index in [2.05, 4.69) is 0 Å². The van der Waals surface area contributed by atoms with Crippen LogP contribution in [0, 0.1) is 17.2 Å². The largest absolute Gasteiger partial charge is 0.459 e. The lowest BCUT2D eigenvalue weighted by Crippen LogP contribution is -2.24. The van der Waals surface area contributed by atoms with Gasteiger partial charge in [-0.15, -0.1) is 0 Å². The molecule has 1 aromatic rings. The molecule has 0 heterocycles. The number of nitrogens with zero attached hydrogens (tertiary/aromatic N) is 1. The van der Waals surface area contributed by atoms with E-state index in [1.165, 1.54) is 6.08 Å². The average Bonchev–Trinajstić information content (AvgIpc) is 2.59. The van der Waals surface area contributed by atoms with Gasteiger partial charge in [-0.1, -0.05) is 6.08 Å². The summed E-state index contributed by atoms with van der Waals surface area (Å²) in [6, 6.07) is 6.05. The Bertz CT molecular complexity index is 636. The number of rotatable bonds is 5. The van der Waals surface area contributed by atoms with Crippen LogP contribution in [0.4, 0.5) is 13.2 Å². The highest BCUT2D eigenvalue weighted by Crippen LogP contribution is 2.31. The summed E-state index contributed by atoms with van der Waals surface area (Å²) in [5, 5.41) is 8.43. The minimum Gasteiger partial charge on any atom is -0.459 e. The van der Waals surface area contributed by atoms with Crippen molar-refractivity contribution in [2.75, 3.05) is 0 Å². The van der Waals surface area contributed by atoms with E-state index in [1.807, 2.05) is 12.1 Å². The topological polar surface area (TPSA) is 50.1 Å². The molecule has 1 aliphatic rings. The summed E-state index contributed by atoms with van der Waals surface area (Å²) in [6.45, 7) is 0. The van der Waals surface area contributed by atoms with E-state index in [9.17, 15) is 18.0 Å². The first kappa shape index (κ1) is 19.0. The van der Waals surface area contributed by atoms with Crippen LogP contribution in [0.1, 0.15) is 54.4 Å². The van der Waals surface area contributed by atoms with Gasteiger partial charge < -0.3 is 4.74 Å². The van der Waals surface area contributed by atoms with E-state index in [-0.39, 0.29) is 11.7 Å². The number of benzene rings is 1. The highest BCUT2D eigenvalue weighted by molar-refractivity contribution is 5.89. The number of carbonyl (C=O) groups excluding carboxylic acids is 1. The lowest BCUT2D eigenvalue weighted by Gasteiger charge is -2.28. The zero-order valence-corrected chi connectivity index (χ0v) is 13.8. The first-order valence-electron chi connectivity index (χ1n) is 8.33. The molecule has 1 saturated carbocycles. The molecule has 0 aromatic heterocycles. The maximum absolute atomic E-state index is 12.5. The zero-order valence-electron chi connectivity index (χ0n) is 13.8. The van der Waals surface area contributed by atoms with E-state index in [0.29, 0.717) is 5.92 Å². The Balaban J connectivity index is 1.78. The number of ether oxygens (including phenoxy) is 1. The van der Waals surface area contributed by atoms with Gasteiger partial charge in [0.1, 0.15) is 6.10 Å². The van der Waals surface area contributed by atoms with Gasteiger partial charge in [0.15, 0.2) is 0 Å². The highest BCUT2D eigenvalue weighted by Gasteiger charge is 2.30. The molecule has 0 radical (unpaired) electrons. The van der Waals surface area contributed by atoms with Gasteiger partial charge in [-0.2, -0.15) is 18.4 Å². The van der Waals surface area contributed by atoms with Gasteiger partial charge >= 0.3 is 12.1 Å². The van der Waals surface area contributed by atoms with E-state index >= 15 is 0 Å². The zero-order chi connectivity index (χ0) is 18.3. The smallest absolute Gasteiger partial charge is 0.416 e. The maximum Gasteiger partial charge on any atom is 0.416 e. The van der Waals surface area contributed by atoms with Crippen molar-refractivity contribution in [3.05, 3.63) is 47.5 Å². The van der Waals surface area contributed by atoms with Crippen LogP contribution < -0.4 is 0 Å². The average molecular weight is 351 g/mol. The number of halogens is 3. The molecule has 0 atom stereocenters. The Labute approximate surface area is 145 Å². The van der Waals surface area contributed by atoms with Crippen molar-refractivity contribution >= 4 is 5.97 Å². The molecule has 0 bridgehead atoms. The minimum atomic E-state index is -4.41. The molecule has 0 saturated heterocycles. The third-order valence-electron chi connectivity index (χ3n) is 4.45. The van der Waals surface area contributed by atoms with E-state index < -0.39 is 17.7 Å². The molecule has 0 aliphatic heterocycles. The van der Waals surface area contributed by atoms with Crippen LogP contribution in [0.15, 0.2) is 36.4 Å². The number of allylic oxidation sites excluding steroid dienone is 2. The summed E-state index contributed by atoms with van der Waals surface area (Å²) in [6.07, 6.45) is 4.05. The second-order valence-corrected chi connectivity index (χ2v) is 6.23. The first-order chi connectivity index (χ1) is 11.9. The molecule has 0 unspecified atom stereocenters. The Morgan fingerprint density at radius 3 is 2.40 bits per heavy atom. The molecule has 0 N–H and O–H groups in total. The molecule has 0 spiro atoms. The molecule has 134 valence electrons. The van der Waals surface area contributed by atoms with Gasteiger partial charge in [0, 0.05) is 6.08 Å². The van der Waals surface area contributed by atoms with Crippen LogP contribution in [0.3, 0.4) is 0 Å². The number of alkyl halides is 3. The molecule has 1 aromatic carbocycles. The molecule has 0 amide bonds. The van der Waals surface area contributed by atoms with Crippen LogP contribution in [0.25, 0.3) is 0 Å². The van der Waals surface area contributed by atoms with Gasteiger partial charge in [-0.25, -0.2) is 4.79 Å². The second-order valence-electron chi connectivity index (χ2n) is 6.23. The van der Waals surface area contributed by atoms with Gasteiger partial charge in [0.2, 0.25) is 0 Å². The van der Waals surface area contributed by atoms with E-state index in [0.717, 1.165) is 62.8 Å². The van der Waals surface area contributed by atoms with Crippen LogP contribution in [-0.4, -0.2) is 12.1 Å². The number of esters is 1. The highest BCUT2D eigenvalue weighted by atomic mass is 19.4. The van der Waals surface area contributed by atoms with Crippen molar-refractivity contribution in [1.82, 2.24) is 0 Å². The fourth-order valence-electron chi connectivity index (χ4n) is 3.02. The summed E-state index contributed by atoms with van der Waals surface area (Å²) in [5.41, 5.74) is -0.647. The Morgan fingerprint density at radius 2 is 1.84 bits per heavy atom. The lowest BCUT2D eigenvalue weighted by atomic mass is 9.84. The predicted octanol–water partition coefficient (Wildman–Crippen LogP) is 5.28. The predicted molar refractivity (Wildman–Crippen MR) is 86.6 cm³/mol. The normalized spacial score (nSPS) is 21.0. The SMILES string of the molecule is N#C/C=C/CCC1CCC(OC(=O)c2ccc(C(F)(F)F)cc2)CC1. The van der Waals surface area contributed by atoms with Crippen LogP contribution in [0.2, 0.25) is 0 Å². The summed E-state index contributed by atoms with van der Waals surface area (Å²) < 4.78 is 43.0. The summed E-state index contributed by atoms with van der Waals surface area (Å²) in [7, 11) is 0. The fraction of sp³-hybridized carbons (Fsp3) is 0.474. The Morgan fingerprint density at radius 1 is 1.20 bits per heavy atom.